The molecule has 12 heteroatoms. The smallest absolute Gasteiger partial charge is 0.234 e. The number of rotatable bonds is 6. The van der Waals surface area contributed by atoms with E-state index in [1.165, 1.54) is 23.1 Å². The molecular weight excluding hydrogens is 588 g/mol. The second-order valence-corrected chi connectivity index (χ2v) is 12.0. The molecule has 3 N–H and O–H groups in total. The second kappa shape index (κ2) is 10.8. The molecule has 1 unspecified atom stereocenters. The first-order chi connectivity index (χ1) is 18.3. The van der Waals surface area contributed by atoms with E-state index in [4.69, 9.17) is 10.2 Å². The third-order valence-electron chi connectivity index (χ3n) is 6.27. The normalized spacial score (nSPS) is 17.5. The zero-order valence-corrected chi connectivity index (χ0v) is 23.8. The molecule has 0 saturated heterocycles. The molecule has 0 saturated carbocycles. The minimum atomic E-state index is -0.653. The third-order valence-corrected chi connectivity index (χ3v) is 8.97. The Morgan fingerprint density at radius 2 is 2.13 bits per heavy atom. The zero-order chi connectivity index (χ0) is 27.0. The van der Waals surface area contributed by atoms with Gasteiger partial charge in [-0.15, -0.1) is 10.2 Å². The molecule has 0 spiro atoms. The van der Waals surface area contributed by atoms with E-state index >= 15 is 0 Å². The molecule has 1 aromatic carbocycles. The van der Waals surface area contributed by atoms with Crippen molar-refractivity contribution in [2.24, 2.45) is 5.73 Å². The molecule has 1 aliphatic heterocycles. The highest BCUT2D eigenvalue weighted by Crippen LogP contribution is 2.47. The monoisotopic (exact) mass is 610 g/mol. The van der Waals surface area contributed by atoms with Crippen molar-refractivity contribution < 1.29 is 14.0 Å². The van der Waals surface area contributed by atoms with Gasteiger partial charge in [0.25, 0.3) is 0 Å². The summed E-state index contributed by atoms with van der Waals surface area (Å²) in [5, 5.41) is 21.9. The van der Waals surface area contributed by atoms with Crippen LogP contribution in [0.3, 0.4) is 0 Å². The minimum Gasteiger partial charge on any atom is -0.465 e. The van der Waals surface area contributed by atoms with Crippen molar-refractivity contribution in [1.82, 2.24) is 10.2 Å². The van der Waals surface area contributed by atoms with Crippen LogP contribution in [-0.4, -0.2) is 27.6 Å². The summed E-state index contributed by atoms with van der Waals surface area (Å²) in [7, 11) is 0. The Morgan fingerprint density at radius 3 is 2.84 bits per heavy atom. The van der Waals surface area contributed by atoms with Gasteiger partial charge < -0.3 is 15.5 Å². The standard InChI is InChI=1S/C26H23BrN6O3S2/c1-13-6-8-17(16(27)10-13)30-21(35)12-37-26-32-31-25(38-26)33-18-4-3-5-19(34)23(18)22(15(11-28)24(33)29)20-9-7-14(2)36-20/h6-10,22H,3-5,12,29H2,1-2H3,(H,30,35). The summed E-state index contributed by atoms with van der Waals surface area (Å²) in [6.45, 7) is 3.79. The summed E-state index contributed by atoms with van der Waals surface area (Å²) in [6, 6.07) is 11.5. The maximum absolute atomic E-state index is 13.2. The lowest BCUT2D eigenvalue weighted by Crippen LogP contribution is -2.38. The van der Waals surface area contributed by atoms with Crippen LogP contribution in [0.15, 0.2) is 66.2 Å². The lowest BCUT2D eigenvalue weighted by atomic mass is 9.78. The highest BCUT2D eigenvalue weighted by molar-refractivity contribution is 9.10. The van der Waals surface area contributed by atoms with Gasteiger partial charge in [0, 0.05) is 22.2 Å². The van der Waals surface area contributed by atoms with Crippen LogP contribution in [0.25, 0.3) is 0 Å². The number of hydrogen-bond acceptors (Lipinski definition) is 10. The van der Waals surface area contributed by atoms with Gasteiger partial charge in [-0.05, 0) is 72.4 Å². The van der Waals surface area contributed by atoms with Crippen LogP contribution < -0.4 is 16.0 Å². The van der Waals surface area contributed by atoms with Gasteiger partial charge in [0.05, 0.1) is 29.0 Å². The molecule has 0 fully saturated rings. The van der Waals surface area contributed by atoms with E-state index in [1.54, 1.807) is 11.0 Å². The predicted octanol–water partition coefficient (Wildman–Crippen LogP) is 5.55. The highest BCUT2D eigenvalue weighted by atomic mass is 79.9. The Hall–Kier alpha value is -3.40. The minimum absolute atomic E-state index is 0.0337. The summed E-state index contributed by atoms with van der Waals surface area (Å²) >= 11 is 5.97. The van der Waals surface area contributed by atoms with Gasteiger partial charge in [0.15, 0.2) is 10.1 Å². The van der Waals surface area contributed by atoms with Crippen LogP contribution in [0.4, 0.5) is 10.8 Å². The number of aryl methyl sites for hydroxylation is 2. The first-order valence-corrected chi connectivity index (χ1v) is 14.4. The SMILES string of the molecule is Cc1ccc(NC(=O)CSc2nnc(N3C(N)=C(C#N)C(c4ccc(C)o4)C4=C3CCCC4=O)s2)c(Br)c1. The molecule has 1 amide bonds. The van der Waals surface area contributed by atoms with Crippen LogP contribution in [0.5, 0.6) is 0 Å². The summed E-state index contributed by atoms with van der Waals surface area (Å²) in [5.41, 5.74) is 9.80. The van der Waals surface area contributed by atoms with Crippen molar-refractivity contribution in [3.05, 3.63) is 74.6 Å². The first kappa shape index (κ1) is 26.2. The molecule has 0 radical (unpaired) electrons. The first-order valence-electron chi connectivity index (χ1n) is 11.8. The number of hydrogen-bond donors (Lipinski definition) is 2. The number of nitrogens with one attached hydrogen (secondary N) is 1. The summed E-state index contributed by atoms with van der Waals surface area (Å²) in [5.74, 6) is 0.677. The number of carbonyl (C=O) groups excluding carboxylic acids is 2. The van der Waals surface area contributed by atoms with E-state index in [-0.39, 0.29) is 28.8 Å². The number of nitrogens with zero attached hydrogens (tertiary/aromatic N) is 4. The Balaban J connectivity index is 1.40. The number of ketones is 1. The Kier molecular flexibility index (Phi) is 7.43. The zero-order valence-electron chi connectivity index (χ0n) is 20.6. The highest BCUT2D eigenvalue weighted by Gasteiger charge is 2.42. The number of aromatic nitrogens is 2. The quantitative estimate of drug-likeness (QED) is 0.344. The third kappa shape index (κ3) is 5.01. The van der Waals surface area contributed by atoms with Crippen molar-refractivity contribution >= 4 is 61.5 Å². The number of Topliss-reactive ketones (excluding diaryl/α,β-unsaturated/α-hetero) is 1. The number of halogens is 1. The number of furan rings is 1. The van der Waals surface area contributed by atoms with E-state index < -0.39 is 5.92 Å². The van der Waals surface area contributed by atoms with Crippen molar-refractivity contribution in [3.8, 4) is 6.07 Å². The average Bonchev–Trinajstić information content (AvgIpc) is 3.53. The molecule has 5 rings (SSSR count). The molecule has 38 heavy (non-hydrogen) atoms. The Morgan fingerprint density at radius 1 is 1.32 bits per heavy atom. The Labute approximate surface area is 235 Å². The summed E-state index contributed by atoms with van der Waals surface area (Å²) < 4.78 is 7.22. The number of amides is 1. The van der Waals surface area contributed by atoms with Gasteiger partial charge in [0.1, 0.15) is 17.3 Å². The number of nitrogens with two attached hydrogens (primary N) is 1. The molecule has 2 aromatic heterocycles. The fourth-order valence-corrected chi connectivity index (χ4v) is 6.86. The van der Waals surface area contributed by atoms with Crippen LogP contribution in [-0.2, 0) is 9.59 Å². The van der Waals surface area contributed by atoms with E-state index in [1.807, 2.05) is 38.1 Å². The van der Waals surface area contributed by atoms with Crippen molar-refractivity contribution in [2.75, 3.05) is 16.0 Å². The molecule has 1 atom stereocenters. The summed E-state index contributed by atoms with van der Waals surface area (Å²) in [6.07, 6.45) is 1.67. The van der Waals surface area contributed by atoms with Gasteiger partial charge in [-0.3, -0.25) is 14.5 Å². The van der Waals surface area contributed by atoms with Gasteiger partial charge in [0.2, 0.25) is 11.0 Å². The molecule has 9 nitrogen and oxygen atoms in total. The molecule has 194 valence electrons. The number of nitriles is 1. The van der Waals surface area contributed by atoms with Crippen molar-refractivity contribution in [1.29, 1.82) is 5.26 Å². The molecule has 3 heterocycles. The van der Waals surface area contributed by atoms with Gasteiger partial charge in [-0.1, -0.05) is 29.2 Å². The number of allylic oxidation sites excluding steroid dienone is 3. The molecule has 1 aliphatic carbocycles. The van der Waals surface area contributed by atoms with E-state index in [0.717, 1.165) is 10.0 Å². The molecule has 0 bridgehead atoms. The summed E-state index contributed by atoms with van der Waals surface area (Å²) in [4.78, 5) is 27.4. The Bertz CT molecular complexity index is 1550. The molecule has 3 aromatic rings. The second-order valence-electron chi connectivity index (χ2n) is 8.94. The number of anilines is 2. The van der Waals surface area contributed by atoms with Gasteiger partial charge in [-0.25, -0.2) is 0 Å². The predicted molar refractivity (Wildman–Crippen MR) is 150 cm³/mol. The topological polar surface area (TPSA) is 138 Å². The molecule has 2 aliphatic rings. The maximum atomic E-state index is 13.2. The average molecular weight is 612 g/mol. The number of thioether (sulfide) groups is 1. The lowest BCUT2D eigenvalue weighted by Gasteiger charge is -2.37. The number of benzene rings is 1. The lowest BCUT2D eigenvalue weighted by molar-refractivity contribution is -0.116. The van der Waals surface area contributed by atoms with E-state index in [2.05, 4.69) is 37.5 Å². The van der Waals surface area contributed by atoms with E-state index in [0.29, 0.717) is 57.2 Å². The maximum Gasteiger partial charge on any atom is 0.234 e. The van der Waals surface area contributed by atoms with Crippen molar-refractivity contribution in [3.63, 3.8) is 0 Å². The van der Waals surface area contributed by atoms with Crippen molar-refractivity contribution in [2.45, 2.75) is 43.4 Å². The largest absolute Gasteiger partial charge is 0.465 e. The van der Waals surface area contributed by atoms with E-state index in [9.17, 15) is 14.9 Å². The van der Waals surface area contributed by atoms with Gasteiger partial charge in [-0.2, -0.15) is 5.26 Å². The van der Waals surface area contributed by atoms with Crippen LogP contribution >= 0.6 is 39.0 Å². The van der Waals surface area contributed by atoms with Crippen LogP contribution in [0.2, 0.25) is 0 Å². The number of carbonyl (C=O) groups is 2. The fourth-order valence-electron chi connectivity index (χ4n) is 4.58. The van der Waals surface area contributed by atoms with Crippen LogP contribution in [0.1, 0.15) is 42.3 Å². The van der Waals surface area contributed by atoms with Crippen LogP contribution in [0, 0.1) is 25.2 Å². The fraction of sp³-hybridized carbons (Fsp3) is 0.269. The molecular formula is C26H23BrN6O3S2. The van der Waals surface area contributed by atoms with Gasteiger partial charge >= 0.3 is 0 Å².